The van der Waals surface area contributed by atoms with Crippen LogP contribution in [-0.2, 0) is 6.54 Å². The van der Waals surface area contributed by atoms with Crippen LogP contribution in [0.25, 0.3) is 0 Å². The van der Waals surface area contributed by atoms with Gasteiger partial charge in [-0.1, -0.05) is 26.8 Å². The first-order chi connectivity index (χ1) is 8.34. The van der Waals surface area contributed by atoms with Crippen molar-refractivity contribution >= 4 is 0 Å². The molecule has 0 bridgehead atoms. The van der Waals surface area contributed by atoms with Gasteiger partial charge in [-0.3, -0.25) is 9.88 Å². The van der Waals surface area contributed by atoms with Crippen molar-refractivity contribution in [2.75, 3.05) is 13.1 Å². The smallest absolute Gasteiger partial charge is 0.0312 e. The fourth-order valence-corrected chi connectivity index (χ4v) is 2.23. The van der Waals surface area contributed by atoms with Gasteiger partial charge in [0.25, 0.3) is 0 Å². The van der Waals surface area contributed by atoms with Gasteiger partial charge in [0.2, 0.25) is 0 Å². The van der Waals surface area contributed by atoms with E-state index in [9.17, 15) is 0 Å². The summed E-state index contributed by atoms with van der Waals surface area (Å²) >= 11 is 0. The van der Waals surface area contributed by atoms with E-state index < -0.39 is 0 Å². The fraction of sp³-hybridized carbons (Fsp3) is 0.667. The number of rotatable bonds is 2. The summed E-state index contributed by atoms with van der Waals surface area (Å²) in [5, 5.41) is 0. The molecule has 1 aliphatic rings. The summed E-state index contributed by atoms with van der Waals surface area (Å²) < 4.78 is 0. The van der Waals surface area contributed by atoms with Gasteiger partial charge >= 0.3 is 0 Å². The summed E-state index contributed by atoms with van der Waals surface area (Å²) in [6.07, 6.45) is 7.91. The fourth-order valence-electron chi connectivity index (χ4n) is 2.23. The molecule has 2 heteroatoms. The highest BCUT2D eigenvalue weighted by Crippen LogP contribution is 2.17. The van der Waals surface area contributed by atoms with Gasteiger partial charge in [-0.15, -0.1) is 0 Å². The standard InChI is InChI=1S/C13H20N2.C2H6/c1-12-4-3-8-15(9-6-12)11-13-5-2-7-14-10-13;1-2/h2,5,7,10,12H,3-4,6,8-9,11H2,1H3;1-2H3. The first-order valence-corrected chi connectivity index (χ1v) is 6.96. The summed E-state index contributed by atoms with van der Waals surface area (Å²) in [7, 11) is 0. The van der Waals surface area contributed by atoms with Crippen molar-refractivity contribution in [2.24, 2.45) is 5.92 Å². The van der Waals surface area contributed by atoms with E-state index in [1.165, 1.54) is 37.9 Å². The van der Waals surface area contributed by atoms with Crippen molar-refractivity contribution < 1.29 is 0 Å². The van der Waals surface area contributed by atoms with Crippen LogP contribution < -0.4 is 0 Å². The molecule has 0 saturated carbocycles. The second-order valence-electron chi connectivity index (χ2n) is 4.67. The minimum absolute atomic E-state index is 0.906. The van der Waals surface area contributed by atoms with E-state index in [1.807, 2.05) is 32.3 Å². The first-order valence-electron chi connectivity index (χ1n) is 6.96. The van der Waals surface area contributed by atoms with Gasteiger partial charge in [-0.05, 0) is 49.9 Å². The second kappa shape index (κ2) is 8.24. The molecule has 17 heavy (non-hydrogen) atoms. The Hall–Kier alpha value is -0.890. The Morgan fingerprint density at radius 1 is 1.29 bits per heavy atom. The lowest BCUT2D eigenvalue weighted by Gasteiger charge is -2.19. The lowest BCUT2D eigenvalue weighted by Crippen LogP contribution is -2.24. The first kappa shape index (κ1) is 14.2. The Kier molecular flexibility index (Phi) is 6.87. The summed E-state index contributed by atoms with van der Waals surface area (Å²) in [6, 6.07) is 4.19. The van der Waals surface area contributed by atoms with Crippen molar-refractivity contribution in [3.05, 3.63) is 30.1 Å². The maximum atomic E-state index is 4.16. The van der Waals surface area contributed by atoms with E-state index in [0.717, 1.165) is 12.5 Å². The highest BCUT2D eigenvalue weighted by atomic mass is 15.1. The minimum atomic E-state index is 0.906. The van der Waals surface area contributed by atoms with E-state index >= 15 is 0 Å². The largest absolute Gasteiger partial charge is 0.299 e. The Morgan fingerprint density at radius 2 is 2.12 bits per heavy atom. The molecule has 1 unspecified atom stereocenters. The maximum Gasteiger partial charge on any atom is 0.0312 e. The Labute approximate surface area is 106 Å². The van der Waals surface area contributed by atoms with Gasteiger partial charge in [0.1, 0.15) is 0 Å². The molecule has 2 heterocycles. The lowest BCUT2D eigenvalue weighted by atomic mass is 10.0. The lowest BCUT2D eigenvalue weighted by molar-refractivity contribution is 0.273. The van der Waals surface area contributed by atoms with Crippen LogP contribution in [0.2, 0.25) is 0 Å². The average Bonchev–Trinajstić information content (AvgIpc) is 2.58. The van der Waals surface area contributed by atoms with Crippen LogP contribution in [-0.4, -0.2) is 23.0 Å². The van der Waals surface area contributed by atoms with Crippen LogP contribution >= 0.6 is 0 Å². The molecule has 1 aromatic rings. The van der Waals surface area contributed by atoms with E-state index in [1.54, 1.807) is 0 Å². The number of nitrogens with zero attached hydrogens (tertiary/aromatic N) is 2. The molecule has 1 atom stereocenters. The summed E-state index contributed by atoms with van der Waals surface area (Å²) in [5.74, 6) is 0.906. The molecular weight excluding hydrogens is 208 g/mol. The molecule has 1 fully saturated rings. The third-order valence-electron chi connectivity index (χ3n) is 3.24. The summed E-state index contributed by atoms with van der Waals surface area (Å²) in [5.41, 5.74) is 1.34. The van der Waals surface area contributed by atoms with Crippen molar-refractivity contribution in [3.63, 3.8) is 0 Å². The predicted molar refractivity (Wildman–Crippen MR) is 73.9 cm³/mol. The Balaban J connectivity index is 0.000000686. The molecule has 0 radical (unpaired) electrons. The predicted octanol–water partition coefficient (Wildman–Crippen LogP) is 3.73. The molecule has 1 saturated heterocycles. The molecule has 2 rings (SSSR count). The van der Waals surface area contributed by atoms with Crippen LogP contribution in [0.3, 0.4) is 0 Å². The molecule has 0 amide bonds. The SMILES string of the molecule is CC.CC1CCCN(Cc2cccnc2)CC1. The van der Waals surface area contributed by atoms with Gasteiger partial charge in [-0.2, -0.15) is 0 Å². The number of pyridine rings is 1. The quantitative estimate of drug-likeness (QED) is 0.775. The van der Waals surface area contributed by atoms with Gasteiger partial charge in [0, 0.05) is 18.9 Å². The van der Waals surface area contributed by atoms with Crippen LogP contribution in [0.4, 0.5) is 0 Å². The Morgan fingerprint density at radius 3 is 2.82 bits per heavy atom. The molecular formula is C15H26N2. The van der Waals surface area contributed by atoms with Crippen LogP contribution in [0.15, 0.2) is 24.5 Å². The van der Waals surface area contributed by atoms with Crippen molar-refractivity contribution in [2.45, 2.75) is 46.6 Å². The van der Waals surface area contributed by atoms with Crippen LogP contribution in [0.1, 0.15) is 45.6 Å². The van der Waals surface area contributed by atoms with Gasteiger partial charge in [-0.25, -0.2) is 0 Å². The Bertz CT molecular complexity index is 284. The zero-order chi connectivity index (χ0) is 12.5. The maximum absolute atomic E-state index is 4.16. The minimum Gasteiger partial charge on any atom is -0.299 e. The number of likely N-dealkylation sites (tertiary alicyclic amines) is 1. The molecule has 0 aromatic carbocycles. The average molecular weight is 234 g/mol. The van der Waals surface area contributed by atoms with Gasteiger partial charge in [0.05, 0.1) is 0 Å². The highest BCUT2D eigenvalue weighted by Gasteiger charge is 2.13. The topological polar surface area (TPSA) is 16.1 Å². The highest BCUT2D eigenvalue weighted by molar-refractivity contribution is 5.08. The van der Waals surface area contributed by atoms with Crippen LogP contribution in [0, 0.1) is 5.92 Å². The summed E-state index contributed by atoms with van der Waals surface area (Å²) in [4.78, 5) is 6.72. The molecule has 0 aliphatic carbocycles. The third-order valence-corrected chi connectivity index (χ3v) is 3.24. The van der Waals surface area contributed by atoms with Crippen LogP contribution in [0.5, 0.6) is 0 Å². The zero-order valence-corrected chi connectivity index (χ0v) is 11.5. The second-order valence-corrected chi connectivity index (χ2v) is 4.67. The molecule has 96 valence electrons. The van der Waals surface area contributed by atoms with Crippen molar-refractivity contribution in [3.8, 4) is 0 Å². The van der Waals surface area contributed by atoms with E-state index in [2.05, 4.69) is 22.9 Å². The molecule has 0 N–H and O–H groups in total. The number of aromatic nitrogens is 1. The molecule has 1 aliphatic heterocycles. The zero-order valence-electron chi connectivity index (χ0n) is 11.5. The molecule has 0 spiro atoms. The van der Waals surface area contributed by atoms with E-state index in [0.29, 0.717) is 0 Å². The van der Waals surface area contributed by atoms with E-state index in [4.69, 9.17) is 0 Å². The number of hydrogen-bond acceptors (Lipinski definition) is 2. The molecule has 1 aromatic heterocycles. The summed E-state index contributed by atoms with van der Waals surface area (Å²) in [6.45, 7) is 9.93. The monoisotopic (exact) mass is 234 g/mol. The van der Waals surface area contributed by atoms with Gasteiger partial charge < -0.3 is 0 Å². The van der Waals surface area contributed by atoms with Gasteiger partial charge in [0.15, 0.2) is 0 Å². The molecule has 2 nitrogen and oxygen atoms in total. The van der Waals surface area contributed by atoms with Crippen molar-refractivity contribution in [1.82, 2.24) is 9.88 Å². The van der Waals surface area contributed by atoms with E-state index in [-0.39, 0.29) is 0 Å². The van der Waals surface area contributed by atoms with Crippen molar-refractivity contribution in [1.29, 1.82) is 0 Å². The third kappa shape index (κ3) is 5.31. The normalized spacial score (nSPS) is 21.2. The number of hydrogen-bond donors (Lipinski definition) is 0.